The van der Waals surface area contributed by atoms with Gasteiger partial charge in [-0.25, -0.2) is 4.98 Å². The van der Waals surface area contributed by atoms with E-state index in [0.717, 1.165) is 22.8 Å². The van der Waals surface area contributed by atoms with E-state index in [0.29, 0.717) is 12.1 Å². The van der Waals surface area contributed by atoms with Crippen LogP contribution in [0.15, 0.2) is 71.8 Å². The van der Waals surface area contributed by atoms with E-state index in [1.807, 2.05) is 60.0 Å². The van der Waals surface area contributed by atoms with E-state index in [1.165, 1.54) is 5.56 Å². The van der Waals surface area contributed by atoms with Gasteiger partial charge in [0.05, 0.1) is 19.9 Å². The van der Waals surface area contributed by atoms with Crippen molar-refractivity contribution >= 4 is 5.52 Å². The molecule has 0 unspecified atom stereocenters. The number of benzene rings is 2. The first-order chi connectivity index (χ1) is 13.6. The molecule has 0 amide bonds. The molecule has 0 spiro atoms. The van der Waals surface area contributed by atoms with Gasteiger partial charge in [0.25, 0.3) is 5.56 Å². The fourth-order valence-electron chi connectivity index (χ4n) is 3.55. The number of aromatic nitrogens is 3. The standard InChI is InChI=1S/C23H23N3O2/c1-16-14-26-21(13-24-22(26)17(2)19-7-5-4-6-8-19)23(27)25(16)15-18-9-11-20(28-3)12-10-18/h4-14,17H,15H2,1-3H3/t17-/m0/s1. The third-order valence-electron chi connectivity index (χ3n) is 5.22. The molecule has 5 nitrogen and oxygen atoms in total. The van der Waals surface area contributed by atoms with Gasteiger partial charge >= 0.3 is 0 Å². The molecule has 2 aromatic carbocycles. The molecule has 0 bridgehead atoms. The number of hydrogen-bond donors (Lipinski definition) is 0. The number of methoxy groups -OCH3 is 1. The highest BCUT2D eigenvalue weighted by Gasteiger charge is 2.17. The highest BCUT2D eigenvalue weighted by Crippen LogP contribution is 2.23. The van der Waals surface area contributed by atoms with Gasteiger partial charge in [-0.3, -0.25) is 9.20 Å². The molecule has 4 aromatic rings. The van der Waals surface area contributed by atoms with Crippen LogP contribution in [-0.2, 0) is 6.54 Å². The van der Waals surface area contributed by atoms with Crippen molar-refractivity contribution in [2.75, 3.05) is 7.11 Å². The summed E-state index contributed by atoms with van der Waals surface area (Å²) in [5.74, 6) is 1.77. The first kappa shape index (κ1) is 18.0. The molecule has 0 fully saturated rings. The van der Waals surface area contributed by atoms with Crippen LogP contribution in [0.2, 0.25) is 0 Å². The van der Waals surface area contributed by atoms with Crippen molar-refractivity contribution in [1.29, 1.82) is 0 Å². The number of hydrogen-bond acceptors (Lipinski definition) is 3. The lowest BCUT2D eigenvalue weighted by Crippen LogP contribution is -2.25. The molecule has 1 atom stereocenters. The minimum absolute atomic E-state index is 0.0326. The van der Waals surface area contributed by atoms with Gasteiger partial charge in [-0.05, 0) is 30.2 Å². The molecule has 28 heavy (non-hydrogen) atoms. The third-order valence-corrected chi connectivity index (χ3v) is 5.22. The van der Waals surface area contributed by atoms with Crippen molar-refractivity contribution in [2.24, 2.45) is 0 Å². The van der Waals surface area contributed by atoms with Crippen molar-refractivity contribution in [3.63, 3.8) is 0 Å². The van der Waals surface area contributed by atoms with Crippen molar-refractivity contribution in [1.82, 2.24) is 14.0 Å². The largest absolute Gasteiger partial charge is 0.497 e. The van der Waals surface area contributed by atoms with E-state index < -0.39 is 0 Å². The van der Waals surface area contributed by atoms with Gasteiger partial charge in [-0.1, -0.05) is 49.4 Å². The zero-order valence-electron chi connectivity index (χ0n) is 16.3. The summed E-state index contributed by atoms with van der Waals surface area (Å²) in [6.45, 7) is 4.59. The van der Waals surface area contributed by atoms with Crippen LogP contribution in [0.4, 0.5) is 0 Å². The Balaban J connectivity index is 1.74. The smallest absolute Gasteiger partial charge is 0.276 e. The molecule has 2 heterocycles. The van der Waals surface area contributed by atoms with Crippen LogP contribution in [0, 0.1) is 6.92 Å². The molecular formula is C23H23N3O2. The van der Waals surface area contributed by atoms with E-state index in [9.17, 15) is 4.79 Å². The first-order valence-corrected chi connectivity index (χ1v) is 9.33. The molecule has 0 saturated heterocycles. The van der Waals surface area contributed by atoms with Crippen molar-refractivity contribution < 1.29 is 4.74 Å². The monoisotopic (exact) mass is 373 g/mol. The summed E-state index contributed by atoms with van der Waals surface area (Å²) < 4.78 is 8.92. The van der Waals surface area contributed by atoms with Crippen LogP contribution >= 0.6 is 0 Å². The highest BCUT2D eigenvalue weighted by molar-refractivity contribution is 5.46. The molecule has 0 aliphatic rings. The van der Waals surface area contributed by atoms with Crippen LogP contribution in [0.1, 0.15) is 35.5 Å². The first-order valence-electron chi connectivity index (χ1n) is 9.33. The van der Waals surface area contributed by atoms with Crippen molar-refractivity contribution in [2.45, 2.75) is 26.3 Å². The summed E-state index contributed by atoms with van der Waals surface area (Å²) in [5, 5.41) is 0. The lowest BCUT2D eigenvalue weighted by atomic mass is 10.0. The number of rotatable bonds is 5. The van der Waals surface area contributed by atoms with E-state index >= 15 is 0 Å². The minimum Gasteiger partial charge on any atom is -0.497 e. The van der Waals surface area contributed by atoms with E-state index in [-0.39, 0.29) is 11.5 Å². The van der Waals surface area contributed by atoms with E-state index in [1.54, 1.807) is 17.9 Å². The molecule has 0 aliphatic carbocycles. The SMILES string of the molecule is COc1ccc(Cn2c(C)cn3c([C@@H](C)c4ccccc4)ncc3c2=O)cc1. The quantitative estimate of drug-likeness (QED) is 0.531. The van der Waals surface area contributed by atoms with Gasteiger partial charge in [0.2, 0.25) is 0 Å². The number of nitrogens with zero attached hydrogens (tertiary/aromatic N) is 3. The van der Waals surface area contributed by atoms with Gasteiger partial charge in [0.15, 0.2) is 0 Å². The normalized spacial score (nSPS) is 12.2. The summed E-state index contributed by atoms with van der Waals surface area (Å²) in [7, 11) is 1.64. The number of imidazole rings is 1. The average molecular weight is 373 g/mol. The predicted octanol–water partition coefficient (Wildman–Crippen LogP) is 4.01. The Labute approximate surface area is 163 Å². The number of aryl methyl sites for hydroxylation is 1. The summed E-state index contributed by atoms with van der Waals surface area (Å²) in [6.07, 6.45) is 3.68. The van der Waals surface area contributed by atoms with Gasteiger partial charge in [0, 0.05) is 17.8 Å². The van der Waals surface area contributed by atoms with Gasteiger partial charge in [-0.15, -0.1) is 0 Å². The Kier molecular flexibility index (Phi) is 4.74. The molecule has 142 valence electrons. The summed E-state index contributed by atoms with van der Waals surface area (Å²) in [4.78, 5) is 17.7. The maximum atomic E-state index is 13.1. The lowest BCUT2D eigenvalue weighted by Gasteiger charge is -2.14. The third kappa shape index (κ3) is 3.20. The van der Waals surface area contributed by atoms with Crippen molar-refractivity contribution in [3.8, 4) is 5.75 Å². The van der Waals surface area contributed by atoms with Crippen LogP contribution in [0.25, 0.3) is 5.52 Å². The zero-order chi connectivity index (χ0) is 19.7. The highest BCUT2D eigenvalue weighted by atomic mass is 16.5. The second kappa shape index (κ2) is 7.35. The molecule has 2 aromatic heterocycles. The van der Waals surface area contributed by atoms with Crippen LogP contribution in [0.3, 0.4) is 0 Å². The Morgan fingerprint density at radius 2 is 1.79 bits per heavy atom. The van der Waals surface area contributed by atoms with E-state index in [4.69, 9.17) is 4.74 Å². The topological polar surface area (TPSA) is 48.5 Å². The zero-order valence-corrected chi connectivity index (χ0v) is 16.3. The predicted molar refractivity (Wildman–Crippen MR) is 110 cm³/mol. The fourth-order valence-corrected chi connectivity index (χ4v) is 3.55. The summed E-state index contributed by atoms with van der Waals surface area (Å²) in [6, 6.07) is 18.0. The Bertz CT molecular complexity index is 1160. The van der Waals surface area contributed by atoms with Gasteiger partial charge < -0.3 is 9.30 Å². The van der Waals surface area contributed by atoms with Crippen LogP contribution in [0.5, 0.6) is 5.75 Å². The van der Waals surface area contributed by atoms with Gasteiger partial charge in [0.1, 0.15) is 17.1 Å². The number of ether oxygens (including phenoxy) is 1. The second-order valence-corrected chi connectivity index (χ2v) is 7.01. The lowest BCUT2D eigenvalue weighted by molar-refractivity contribution is 0.414. The Morgan fingerprint density at radius 1 is 1.07 bits per heavy atom. The molecule has 4 rings (SSSR count). The number of fused-ring (bicyclic) bond motifs is 1. The van der Waals surface area contributed by atoms with Crippen molar-refractivity contribution in [3.05, 3.63) is 100.0 Å². The van der Waals surface area contributed by atoms with E-state index in [2.05, 4.69) is 24.0 Å². The maximum Gasteiger partial charge on any atom is 0.276 e. The van der Waals surface area contributed by atoms with Crippen LogP contribution in [-0.4, -0.2) is 21.1 Å². The van der Waals surface area contributed by atoms with Crippen LogP contribution < -0.4 is 10.3 Å². The Hall–Kier alpha value is -3.34. The second-order valence-electron chi connectivity index (χ2n) is 7.01. The average Bonchev–Trinajstić information content (AvgIpc) is 3.15. The Morgan fingerprint density at radius 3 is 2.46 bits per heavy atom. The summed E-state index contributed by atoms with van der Waals surface area (Å²) in [5.41, 5.74) is 3.68. The molecular weight excluding hydrogens is 350 g/mol. The molecule has 0 saturated carbocycles. The van der Waals surface area contributed by atoms with Gasteiger partial charge in [-0.2, -0.15) is 0 Å². The summed E-state index contributed by atoms with van der Waals surface area (Å²) >= 11 is 0. The molecule has 0 aliphatic heterocycles. The molecule has 0 radical (unpaired) electrons. The fraction of sp³-hybridized carbons (Fsp3) is 0.217. The molecule has 5 heteroatoms. The minimum atomic E-state index is -0.0326. The maximum absolute atomic E-state index is 13.1. The molecule has 0 N–H and O–H groups in total.